The molecule has 4 aromatic rings. The van der Waals surface area contributed by atoms with Crippen molar-refractivity contribution >= 4 is 38.3 Å². The minimum Gasteiger partial charge on any atom is -0.477 e. The van der Waals surface area contributed by atoms with E-state index in [1.165, 1.54) is 11.3 Å². The maximum atomic E-state index is 14.5. The van der Waals surface area contributed by atoms with E-state index in [1.807, 2.05) is 30.3 Å². The maximum absolute atomic E-state index is 14.5. The molecule has 2 heterocycles. The topological polar surface area (TPSA) is 66.0 Å². The zero-order chi connectivity index (χ0) is 16.1. The smallest absolute Gasteiger partial charge is 0.341 e. The Morgan fingerprint density at radius 1 is 1.22 bits per heavy atom. The summed E-state index contributed by atoms with van der Waals surface area (Å²) in [4.78, 5) is 11.8. The first kappa shape index (κ1) is 13.8. The van der Waals surface area contributed by atoms with Crippen molar-refractivity contribution in [2.75, 3.05) is 0 Å². The van der Waals surface area contributed by atoms with Crippen molar-refractivity contribution in [2.45, 2.75) is 0 Å². The molecule has 23 heavy (non-hydrogen) atoms. The van der Waals surface area contributed by atoms with Gasteiger partial charge in [-0.15, -0.1) is 11.3 Å². The molecule has 7 heteroatoms. The number of fused-ring (bicyclic) bond motifs is 2. The number of carboxylic acid groups (broad SMARTS) is 1. The highest BCUT2D eigenvalue weighted by Gasteiger charge is 2.24. The number of hydrogen-bond acceptors (Lipinski definition) is 3. The second kappa shape index (κ2) is 4.85. The molecule has 2 aromatic heterocycles. The van der Waals surface area contributed by atoms with Crippen molar-refractivity contribution in [1.82, 2.24) is 10.2 Å². The van der Waals surface area contributed by atoms with Crippen LogP contribution in [0.2, 0.25) is 0 Å². The minimum absolute atomic E-state index is 0.0182. The van der Waals surface area contributed by atoms with Gasteiger partial charge in [0.15, 0.2) is 5.82 Å². The number of hydrogen-bond donors (Lipinski definition) is 2. The molecule has 0 saturated carbocycles. The van der Waals surface area contributed by atoms with Crippen LogP contribution in [0, 0.1) is 11.6 Å². The molecule has 0 amide bonds. The van der Waals surface area contributed by atoms with Gasteiger partial charge >= 0.3 is 5.97 Å². The van der Waals surface area contributed by atoms with Gasteiger partial charge in [0.1, 0.15) is 17.1 Å². The Kier molecular flexibility index (Phi) is 2.92. The molecule has 114 valence electrons. The quantitative estimate of drug-likeness (QED) is 0.572. The standard InChI is InChI=1S/C16H8F2N2O2S/c17-8-6-9-13(14(18)12(8)16(21)22)15(20-19-9)11-5-7-3-1-2-4-10(7)23-11/h1-6H,(H,19,20)(H,21,22). The Labute approximate surface area is 132 Å². The van der Waals surface area contributed by atoms with E-state index < -0.39 is 23.2 Å². The predicted molar refractivity (Wildman–Crippen MR) is 83.8 cm³/mol. The molecule has 0 bridgehead atoms. The van der Waals surface area contributed by atoms with Crippen molar-refractivity contribution in [3.63, 3.8) is 0 Å². The van der Waals surface area contributed by atoms with Gasteiger partial charge < -0.3 is 5.11 Å². The normalized spacial score (nSPS) is 11.4. The summed E-state index contributed by atoms with van der Waals surface area (Å²) < 4.78 is 29.3. The van der Waals surface area contributed by atoms with Crippen molar-refractivity contribution < 1.29 is 18.7 Å². The molecular formula is C16H8F2N2O2S. The molecule has 0 spiro atoms. The Hall–Kier alpha value is -2.80. The van der Waals surface area contributed by atoms with Crippen LogP contribution in [-0.2, 0) is 0 Å². The highest BCUT2D eigenvalue weighted by atomic mass is 32.1. The van der Waals surface area contributed by atoms with E-state index in [0.29, 0.717) is 4.88 Å². The average Bonchev–Trinajstić information content (AvgIpc) is 3.09. The number of thiophene rings is 1. The number of rotatable bonds is 2. The van der Waals surface area contributed by atoms with Crippen LogP contribution >= 0.6 is 11.3 Å². The summed E-state index contributed by atoms with van der Waals surface area (Å²) in [5.74, 6) is -3.90. The number of halogens is 2. The molecule has 2 aromatic carbocycles. The molecule has 0 saturated heterocycles. The van der Waals surface area contributed by atoms with Crippen LogP contribution < -0.4 is 0 Å². The average molecular weight is 330 g/mol. The number of nitrogens with one attached hydrogen (secondary N) is 1. The van der Waals surface area contributed by atoms with Crippen molar-refractivity contribution in [3.8, 4) is 10.6 Å². The first-order chi connectivity index (χ1) is 11.1. The first-order valence-corrected chi connectivity index (χ1v) is 7.46. The molecule has 0 aliphatic carbocycles. The summed E-state index contributed by atoms with van der Waals surface area (Å²) in [5.41, 5.74) is -0.570. The molecule has 0 radical (unpaired) electrons. The lowest BCUT2D eigenvalue weighted by Gasteiger charge is -2.02. The van der Waals surface area contributed by atoms with Gasteiger partial charge in [0.2, 0.25) is 0 Å². The van der Waals surface area contributed by atoms with E-state index in [2.05, 4.69) is 10.2 Å². The minimum atomic E-state index is -1.65. The number of nitrogens with zero attached hydrogens (tertiary/aromatic N) is 1. The van der Waals surface area contributed by atoms with E-state index in [9.17, 15) is 13.6 Å². The third kappa shape index (κ3) is 2.01. The third-order valence-electron chi connectivity index (χ3n) is 3.62. The van der Waals surface area contributed by atoms with E-state index in [1.54, 1.807) is 0 Å². The molecule has 2 N–H and O–H groups in total. The van der Waals surface area contributed by atoms with Crippen LogP contribution in [-0.4, -0.2) is 21.3 Å². The molecule has 0 atom stereocenters. The Morgan fingerprint density at radius 3 is 2.74 bits per heavy atom. The summed E-state index contributed by atoms with van der Waals surface area (Å²) in [6.45, 7) is 0. The van der Waals surface area contributed by atoms with Gasteiger partial charge in [-0.3, -0.25) is 5.10 Å². The first-order valence-electron chi connectivity index (χ1n) is 6.64. The van der Waals surface area contributed by atoms with E-state index in [0.717, 1.165) is 16.2 Å². The highest BCUT2D eigenvalue weighted by Crippen LogP contribution is 2.37. The SMILES string of the molecule is O=C(O)c1c(F)cc2[nH]nc(-c3cc4ccccc4s3)c2c1F. The largest absolute Gasteiger partial charge is 0.477 e. The summed E-state index contributed by atoms with van der Waals surface area (Å²) in [5, 5.41) is 16.6. The van der Waals surface area contributed by atoms with Crippen LogP contribution in [0.3, 0.4) is 0 Å². The van der Waals surface area contributed by atoms with Gasteiger partial charge in [-0.1, -0.05) is 18.2 Å². The van der Waals surface area contributed by atoms with Gasteiger partial charge in [-0.05, 0) is 17.5 Å². The van der Waals surface area contributed by atoms with Gasteiger partial charge in [0, 0.05) is 10.8 Å². The Balaban J connectivity index is 2.04. The summed E-state index contributed by atoms with van der Waals surface area (Å²) in [7, 11) is 0. The van der Waals surface area contributed by atoms with Crippen molar-refractivity contribution in [1.29, 1.82) is 0 Å². The number of benzene rings is 2. The van der Waals surface area contributed by atoms with Crippen LogP contribution in [0.25, 0.3) is 31.6 Å². The number of aromatic amines is 1. The van der Waals surface area contributed by atoms with Crippen LogP contribution in [0.15, 0.2) is 36.4 Å². The van der Waals surface area contributed by atoms with Gasteiger partial charge in [0.25, 0.3) is 0 Å². The van der Waals surface area contributed by atoms with E-state index in [-0.39, 0.29) is 16.6 Å². The number of carboxylic acids is 1. The second-order valence-electron chi connectivity index (χ2n) is 5.00. The summed E-state index contributed by atoms with van der Waals surface area (Å²) >= 11 is 1.41. The second-order valence-corrected chi connectivity index (χ2v) is 6.08. The van der Waals surface area contributed by atoms with Crippen LogP contribution in [0.4, 0.5) is 8.78 Å². The molecular weight excluding hydrogens is 322 g/mol. The van der Waals surface area contributed by atoms with Crippen molar-refractivity contribution in [2.24, 2.45) is 0 Å². The predicted octanol–water partition coefficient (Wildman–Crippen LogP) is 4.42. The zero-order valence-electron chi connectivity index (χ0n) is 11.4. The number of carbonyl (C=O) groups is 1. The maximum Gasteiger partial charge on any atom is 0.341 e. The lowest BCUT2D eigenvalue weighted by molar-refractivity contribution is 0.0687. The molecule has 0 unspecified atom stereocenters. The summed E-state index contributed by atoms with van der Waals surface area (Å²) in [6.07, 6.45) is 0. The monoisotopic (exact) mass is 330 g/mol. The van der Waals surface area contributed by atoms with Crippen molar-refractivity contribution in [3.05, 3.63) is 53.6 Å². The zero-order valence-corrected chi connectivity index (χ0v) is 12.2. The fourth-order valence-corrected chi connectivity index (χ4v) is 3.64. The van der Waals surface area contributed by atoms with Gasteiger partial charge in [-0.25, -0.2) is 13.6 Å². The Bertz CT molecular complexity index is 1050. The Morgan fingerprint density at radius 2 is 2.00 bits per heavy atom. The van der Waals surface area contributed by atoms with Crippen LogP contribution in [0.1, 0.15) is 10.4 Å². The van der Waals surface area contributed by atoms with Gasteiger partial charge in [0.05, 0.1) is 15.8 Å². The van der Waals surface area contributed by atoms with E-state index >= 15 is 0 Å². The van der Waals surface area contributed by atoms with Gasteiger partial charge in [-0.2, -0.15) is 5.10 Å². The lowest BCUT2D eigenvalue weighted by atomic mass is 10.1. The molecule has 0 fully saturated rings. The van der Waals surface area contributed by atoms with Crippen LogP contribution in [0.5, 0.6) is 0 Å². The number of aromatic nitrogens is 2. The lowest BCUT2D eigenvalue weighted by Crippen LogP contribution is -2.05. The molecule has 0 aliphatic rings. The fraction of sp³-hybridized carbons (Fsp3) is 0. The fourth-order valence-electron chi connectivity index (χ4n) is 2.58. The third-order valence-corrected chi connectivity index (χ3v) is 4.74. The number of H-pyrrole nitrogens is 1. The molecule has 4 rings (SSSR count). The van der Waals surface area contributed by atoms with E-state index in [4.69, 9.17) is 5.11 Å². The molecule has 0 aliphatic heterocycles. The number of aromatic carboxylic acids is 1. The molecule has 4 nitrogen and oxygen atoms in total. The summed E-state index contributed by atoms with van der Waals surface area (Å²) in [6, 6.07) is 10.4. The highest BCUT2D eigenvalue weighted by molar-refractivity contribution is 7.22.